The molecule has 0 saturated carbocycles. The Morgan fingerprint density at radius 1 is 1.17 bits per heavy atom. The zero-order valence-electron chi connectivity index (χ0n) is 19.9. The molecule has 4 aromatic rings. The van der Waals surface area contributed by atoms with Crippen LogP contribution in [0.4, 0.5) is 10.2 Å². The highest BCUT2D eigenvalue weighted by atomic mass is 35.5. The highest BCUT2D eigenvalue weighted by molar-refractivity contribution is 6.34. The van der Waals surface area contributed by atoms with Crippen molar-refractivity contribution in [1.29, 1.82) is 0 Å². The van der Waals surface area contributed by atoms with Gasteiger partial charge in [0.1, 0.15) is 41.0 Å². The number of nitrogens with zero attached hydrogens (tertiary/aromatic N) is 4. The molecule has 2 N–H and O–H groups in total. The number of ether oxygens (including phenoxy) is 2. The van der Waals surface area contributed by atoms with Gasteiger partial charge in [-0.2, -0.15) is 0 Å². The van der Waals surface area contributed by atoms with Gasteiger partial charge in [-0.25, -0.2) is 19.3 Å². The Kier molecular flexibility index (Phi) is 5.50. The number of halogens is 3. The lowest BCUT2D eigenvalue weighted by atomic mass is 9.91. The van der Waals surface area contributed by atoms with E-state index in [1.807, 2.05) is 32.2 Å². The van der Waals surface area contributed by atoms with Gasteiger partial charge in [-0.05, 0) is 61.6 Å². The number of anilines is 1. The van der Waals surface area contributed by atoms with Gasteiger partial charge < -0.3 is 19.8 Å². The van der Waals surface area contributed by atoms with Crippen LogP contribution >= 0.6 is 23.2 Å². The van der Waals surface area contributed by atoms with E-state index in [4.69, 9.17) is 38.4 Å². The van der Waals surface area contributed by atoms with Crippen LogP contribution in [0.3, 0.4) is 0 Å². The van der Waals surface area contributed by atoms with E-state index in [0.29, 0.717) is 22.5 Å². The zero-order chi connectivity index (χ0) is 25.4. The van der Waals surface area contributed by atoms with E-state index in [2.05, 4.69) is 32.5 Å². The van der Waals surface area contributed by atoms with Crippen molar-refractivity contribution in [2.24, 2.45) is 5.92 Å². The quantitative estimate of drug-likeness (QED) is 0.263. The summed E-state index contributed by atoms with van der Waals surface area (Å²) in [5.41, 5.74) is 8.98. The highest BCUT2D eigenvalue weighted by Crippen LogP contribution is 2.46. The Morgan fingerprint density at radius 2 is 1.97 bits per heavy atom. The number of nitrogen functional groups attached to an aromatic ring is 1. The van der Waals surface area contributed by atoms with Gasteiger partial charge in [0, 0.05) is 11.6 Å². The first-order valence-electron chi connectivity index (χ1n) is 11.7. The Morgan fingerprint density at radius 3 is 2.78 bits per heavy atom. The number of hydrogen-bond acceptors (Lipinski definition) is 6. The third-order valence-corrected chi connectivity index (χ3v) is 7.58. The van der Waals surface area contributed by atoms with Gasteiger partial charge in [0.25, 0.3) is 0 Å². The SMILES string of the molecule is CC(Cc1cc(F)c2cc(Cl)c(N)nc2c1)C1=C[C@@H](n2ccc3c(Cl)ncnc32)[C@@H]2OC(C)(C)O[C@H]12. The van der Waals surface area contributed by atoms with Crippen molar-refractivity contribution in [1.82, 2.24) is 19.5 Å². The summed E-state index contributed by atoms with van der Waals surface area (Å²) in [6.45, 7) is 5.94. The molecule has 2 aliphatic rings. The molecule has 4 heterocycles. The van der Waals surface area contributed by atoms with Crippen molar-refractivity contribution < 1.29 is 13.9 Å². The first-order chi connectivity index (χ1) is 17.1. The highest BCUT2D eigenvalue weighted by Gasteiger charge is 2.51. The summed E-state index contributed by atoms with van der Waals surface area (Å²) in [5.74, 6) is -0.892. The second-order valence-electron chi connectivity index (χ2n) is 9.91. The van der Waals surface area contributed by atoms with Crippen LogP contribution in [-0.4, -0.2) is 37.5 Å². The molecule has 3 aromatic heterocycles. The van der Waals surface area contributed by atoms with Crippen molar-refractivity contribution in [2.45, 2.75) is 51.2 Å². The predicted molar refractivity (Wildman–Crippen MR) is 137 cm³/mol. The summed E-state index contributed by atoms with van der Waals surface area (Å²) in [6, 6.07) is 6.67. The summed E-state index contributed by atoms with van der Waals surface area (Å²) in [6.07, 6.45) is 5.69. The lowest BCUT2D eigenvalue weighted by Crippen LogP contribution is -2.28. The van der Waals surface area contributed by atoms with E-state index in [-0.39, 0.29) is 40.8 Å². The van der Waals surface area contributed by atoms with Crippen LogP contribution in [0, 0.1) is 11.7 Å². The molecule has 10 heteroatoms. The van der Waals surface area contributed by atoms with Gasteiger partial charge in [0.2, 0.25) is 0 Å². The van der Waals surface area contributed by atoms with E-state index in [9.17, 15) is 4.39 Å². The van der Waals surface area contributed by atoms with E-state index in [0.717, 1.165) is 22.2 Å². The number of rotatable bonds is 4. The van der Waals surface area contributed by atoms with Crippen LogP contribution in [0.1, 0.15) is 32.4 Å². The fourth-order valence-corrected chi connectivity index (χ4v) is 5.76. The number of benzene rings is 1. The Balaban J connectivity index is 1.36. The number of fused-ring (bicyclic) bond motifs is 3. The molecule has 36 heavy (non-hydrogen) atoms. The molecule has 0 radical (unpaired) electrons. The van der Waals surface area contributed by atoms with Gasteiger partial charge >= 0.3 is 0 Å². The average Bonchev–Trinajstić information content (AvgIpc) is 3.46. The minimum Gasteiger partial charge on any atom is -0.382 e. The van der Waals surface area contributed by atoms with Crippen molar-refractivity contribution in [3.05, 3.63) is 70.0 Å². The summed E-state index contributed by atoms with van der Waals surface area (Å²) >= 11 is 12.3. The zero-order valence-corrected chi connectivity index (χ0v) is 21.4. The van der Waals surface area contributed by atoms with Crippen LogP contribution in [-0.2, 0) is 15.9 Å². The first kappa shape index (κ1) is 23.6. The third-order valence-electron chi connectivity index (χ3n) is 6.97. The molecule has 0 amide bonds. The summed E-state index contributed by atoms with van der Waals surface area (Å²) in [5, 5.41) is 1.77. The number of hydrogen-bond donors (Lipinski definition) is 1. The number of pyridine rings is 1. The minimum atomic E-state index is -0.738. The van der Waals surface area contributed by atoms with E-state index < -0.39 is 5.79 Å². The van der Waals surface area contributed by atoms with Gasteiger partial charge in [-0.3, -0.25) is 0 Å². The maximum atomic E-state index is 14.9. The predicted octanol–water partition coefficient (Wildman–Crippen LogP) is 5.89. The Labute approximate surface area is 217 Å². The summed E-state index contributed by atoms with van der Waals surface area (Å²) in [7, 11) is 0. The molecular formula is C26H24Cl2FN5O2. The smallest absolute Gasteiger partial charge is 0.164 e. The van der Waals surface area contributed by atoms with Gasteiger partial charge in [-0.15, -0.1) is 0 Å². The largest absolute Gasteiger partial charge is 0.382 e. The summed E-state index contributed by atoms with van der Waals surface area (Å²) < 4.78 is 29.7. The molecule has 1 saturated heterocycles. The maximum absolute atomic E-state index is 14.9. The molecule has 0 bridgehead atoms. The van der Waals surface area contributed by atoms with E-state index in [1.165, 1.54) is 18.5 Å². The topological polar surface area (TPSA) is 88.1 Å². The molecule has 7 nitrogen and oxygen atoms in total. The molecule has 1 aliphatic carbocycles. The van der Waals surface area contributed by atoms with Crippen LogP contribution in [0.25, 0.3) is 21.9 Å². The molecule has 186 valence electrons. The van der Waals surface area contributed by atoms with Crippen LogP contribution in [0.2, 0.25) is 10.2 Å². The Bertz CT molecular complexity index is 1550. The molecule has 1 unspecified atom stereocenters. The lowest BCUT2D eigenvalue weighted by Gasteiger charge is -2.22. The van der Waals surface area contributed by atoms with Gasteiger partial charge in [0.15, 0.2) is 5.79 Å². The second-order valence-corrected chi connectivity index (χ2v) is 10.7. The maximum Gasteiger partial charge on any atom is 0.164 e. The normalized spacial score (nSPS) is 23.8. The first-order valence-corrected chi connectivity index (χ1v) is 12.5. The van der Waals surface area contributed by atoms with Crippen molar-refractivity contribution in [3.8, 4) is 0 Å². The van der Waals surface area contributed by atoms with Crippen molar-refractivity contribution >= 4 is 51.0 Å². The van der Waals surface area contributed by atoms with Gasteiger partial charge in [0.05, 0.1) is 22.0 Å². The number of nitrogens with two attached hydrogens (primary N) is 1. The monoisotopic (exact) mass is 527 g/mol. The molecule has 0 spiro atoms. The molecule has 6 rings (SSSR count). The van der Waals surface area contributed by atoms with Crippen LogP contribution in [0.15, 0.2) is 48.4 Å². The molecule has 1 fully saturated rings. The Hall–Kier alpha value is -2.78. The fourth-order valence-electron chi connectivity index (χ4n) is 5.41. The molecule has 4 atom stereocenters. The fraction of sp³-hybridized carbons (Fsp3) is 0.346. The standard InChI is InChI=1S/C26H24Cl2FN5O2/c1-12(6-13-7-18(29)16-9-17(27)24(30)33-19(16)8-13)15-10-20(22-21(15)35-26(2,3)36-22)34-5-4-14-23(28)31-11-32-25(14)34/h4-5,7-12,20-22H,6H2,1-3H3,(H2,30,33)/t12?,20-,21-,22+/m1/s1. The second kappa shape index (κ2) is 8.38. The molecule has 1 aromatic carbocycles. The van der Waals surface area contributed by atoms with E-state index in [1.54, 1.807) is 0 Å². The third kappa shape index (κ3) is 3.84. The van der Waals surface area contributed by atoms with Crippen molar-refractivity contribution in [2.75, 3.05) is 5.73 Å². The van der Waals surface area contributed by atoms with E-state index >= 15 is 0 Å². The van der Waals surface area contributed by atoms with Crippen LogP contribution in [0.5, 0.6) is 0 Å². The lowest BCUT2D eigenvalue weighted by molar-refractivity contribution is -0.148. The molecule has 1 aliphatic heterocycles. The van der Waals surface area contributed by atoms with Crippen molar-refractivity contribution in [3.63, 3.8) is 0 Å². The number of aromatic nitrogens is 4. The van der Waals surface area contributed by atoms with Gasteiger partial charge in [-0.1, -0.05) is 36.2 Å². The minimum absolute atomic E-state index is 0.0431. The molecular weight excluding hydrogens is 504 g/mol. The van der Waals surface area contributed by atoms with Crippen LogP contribution < -0.4 is 5.73 Å². The summed E-state index contributed by atoms with van der Waals surface area (Å²) in [4.78, 5) is 12.8. The average molecular weight is 528 g/mol.